The van der Waals surface area contributed by atoms with Gasteiger partial charge in [-0.25, -0.2) is 5.43 Å². The number of hydrazone groups is 1. The summed E-state index contributed by atoms with van der Waals surface area (Å²) in [6, 6.07) is 9.67. The van der Waals surface area contributed by atoms with Gasteiger partial charge in [-0.2, -0.15) is 5.10 Å². The fraction of sp³-hybridized carbons (Fsp3) is 0.143. The lowest BCUT2D eigenvalue weighted by atomic mass is 10.0. The molecule has 0 spiro atoms. The Kier molecular flexibility index (Phi) is 3.89. The number of carbonyl (C=O) groups excluding carboxylic acids is 1. The van der Waals surface area contributed by atoms with Crippen LogP contribution in [0.2, 0.25) is 0 Å². The number of benzene rings is 1. The van der Waals surface area contributed by atoms with Crippen molar-refractivity contribution < 1.29 is 4.79 Å². The number of amides is 1. The summed E-state index contributed by atoms with van der Waals surface area (Å²) in [5.74, 6) is -0.174. The predicted molar refractivity (Wildman–Crippen MR) is 75.3 cm³/mol. The van der Waals surface area contributed by atoms with Gasteiger partial charge in [0.25, 0.3) is 5.91 Å². The van der Waals surface area contributed by atoms with Crippen LogP contribution in [0.5, 0.6) is 0 Å². The zero-order chi connectivity index (χ0) is 13.0. The van der Waals surface area contributed by atoms with Crippen LogP contribution < -0.4 is 5.43 Å². The van der Waals surface area contributed by atoms with Crippen molar-refractivity contribution in [2.24, 2.45) is 5.10 Å². The number of rotatable bonds is 3. The van der Waals surface area contributed by atoms with Gasteiger partial charge in [0.05, 0.1) is 11.1 Å². The minimum atomic E-state index is -0.174. The topological polar surface area (TPSA) is 41.5 Å². The van der Waals surface area contributed by atoms with Gasteiger partial charge in [-0.3, -0.25) is 4.79 Å². The van der Waals surface area contributed by atoms with E-state index in [4.69, 9.17) is 0 Å². The molecule has 0 bridgehead atoms. The quantitative estimate of drug-likeness (QED) is 0.667. The van der Waals surface area contributed by atoms with Crippen molar-refractivity contribution in [3.05, 3.63) is 57.3 Å². The minimum absolute atomic E-state index is 0.174. The number of nitrogens with one attached hydrogen (secondary N) is 1. The van der Waals surface area contributed by atoms with Crippen molar-refractivity contribution >= 4 is 23.5 Å². The maximum Gasteiger partial charge on any atom is 0.281 e. The van der Waals surface area contributed by atoms with Crippen LogP contribution in [0.25, 0.3) is 0 Å². The largest absolute Gasteiger partial charge is 0.281 e. The molecule has 0 unspecified atom stereocenters. The lowest BCUT2D eigenvalue weighted by molar-refractivity contribution is 0.0959. The Morgan fingerprint density at radius 1 is 1.22 bits per heavy atom. The average molecular weight is 258 g/mol. The maximum atomic E-state index is 11.7. The van der Waals surface area contributed by atoms with Crippen LogP contribution in [-0.2, 0) is 0 Å². The summed E-state index contributed by atoms with van der Waals surface area (Å²) in [6.45, 7) is 4.05. The van der Waals surface area contributed by atoms with Crippen LogP contribution >= 0.6 is 11.3 Å². The van der Waals surface area contributed by atoms with Crippen LogP contribution in [0.1, 0.15) is 26.4 Å². The highest BCUT2D eigenvalue weighted by molar-refractivity contribution is 7.12. The zero-order valence-electron chi connectivity index (χ0n) is 10.3. The summed E-state index contributed by atoms with van der Waals surface area (Å²) in [5.41, 5.74) is 5.86. The Morgan fingerprint density at radius 3 is 2.56 bits per heavy atom. The summed E-state index contributed by atoms with van der Waals surface area (Å²) in [7, 11) is 0. The van der Waals surface area contributed by atoms with Gasteiger partial charge in [0, 0.05) is 5.56 Å². The number of hydrogen-bond donors (Lipinski definition) is 1. The molecule has 0 saturated carbocycles. The van der Waals surface area contributed by atoms with E-state index >= 15 is 0 Å². The number of nitrogens with zero attached hydrogens (tertiary/aromatic N) is 1. The van der Waals surface area contributed by atoms with E-state index in [1.165, 1.54) is 11.3 Å². The lowest BCUT2D eigenvalue weighted by Crippen LogP contribution is -2.16. The van der Waals surface area contributed by atoms with E-state index in [2.05, 4.69) is 10.5 Å². The van der Waals surface area contributed by atoms with E-state index in [1.54, 1.807) is 12.3 Å². The third-order valence-corrected chi connectivity index (χ3v) is 3.52. The molecule has 1 N–H and O–H groups in total. The Labute approximate surface area is 110 Å². The Morgan fingerprint density at radius 2 is 1.94 bits per heavy atom. The molecule has 1 aromatic heterocycles. The second-order valence-corrected chi connectivity index (χ2v) is 4.93. The van der Waals surface area contributed by atoms with E-state index < -0.39 is 0 Å². The van der Waals surface area contributed by atoms with Crippen LogP contribution in [-0.4, -0.2) is 12.1 Å². The number of aryl methyl sites for hydroxylation is 2. The van der Waals surface area contributed by atoms with E-state index in [0.29, 0.717) is 4.88 Å². The Balaban J connectivity index is 2.06. The smallest absolute Gasteiger partial charge is 0.266 e. The molecule has 18 heavy (non-hydrogen) atoms. The van der Waals surface area contributed by atoms with E-state index in [-0.39, 0.29) is 5.91 Å². The van der Waals surface area contributed by atoms with Crippen molar-refractivity contribution in [1.29, 1.82) is 0 Å². The van der Waals surface area contributed by atoms with Gasteiger partial charge in [-0.15, -0.1) is 11.3 Å². The number of thiophene rings is 1. The molecule has 2 rings (SSSR count). The first-order chi connectivity index (χ1) is 8.68. The zero-order valence-corrected chi connectivity index (χ0v) is 11.1. The summed E-state index contributed by atoms with van der Waals surface area (Å²) in [5, 5.41) is 5.87. The van der Waals surface area contributed by atoms with Gasteiger partial charge in [0.2, 0.25) is 0 Å². The fourth-order valence-electron chi connectivity index (χ4n) is 1.65. The first-order valence-corrected chi connectivity index (χ1v) is 6.49. The first kappa shape index (κ1) is 12.5. The van der Waals surface area contributed by atoms with E-state index in [1.807, 2.05) is 43.5 Å². The van der Waals surface area contributed by atoms with Crippen molar-refractivity contribution in [2.45, 2.75) is 13.8 Å². The van der Waals surface area contributed by atoms with E-state index in [0.717, 1.165) is 16.7 Å². The molecule has 0 fully saturated rings. The number of carbonyl (C=O) groups is 1. The third-order valence-electron chi connectivity index (χ3n) is 2.65. The lowest BCUT2D eigenvalue weighted by Gasteiger charge is -2.03. The molecule has 0 saturated heterocycles. The van der Waals surface area contributed by atoms with Gasteiger partial charge in [-0.05, 0) is 36.4 Å². The van der Waals surface area contributed by atoms with Gasteiger partial charge in [0.15, 0.2) is 0 Å². The van der Waals surface area contributed by atoms with Gasteiger partial charge >= 0.3 is 0 Å². The maximum absolute atomic E-state index is 11.7. The van der Waals surface area contributed by atoms with Gasteiger partial charge in [0.1, 0.15) is 0 Å². The SMILES string of the molecule is Cc1cccc(C)c1/C=N\NC(=O)c1cccs1. The van der Waals surface area contributed by atoms with E-state index in [9.17, 15) is 4.79 Å². The van der Waals surface area contributed by atoms with Crippen molar-refractivity contribution in [1.82, 2.24) is 5.43 Å². The van der Waals surface area contributed by atoms with Crippen LogP contribution in [0.15, 0.2) is 40.8 Å². The molecule has 3 nitrogen and oxygen atoms in total. The molecule has 4 heteroatoms. The second-order valence-electron chi connectivity index (χ2n) is 3.98. The van der Waals surface area contributed by atoms with Gasteiger partial charge < -0.3 is 0 Å². The summed E-state index contributed by atoms with van der Waals surface area (Å²) in [6.07, 6.45) is 1.69. The molecule has 0 radical (unpaired) electrons. The first-order valence-electron chi connectivity index (χ1n) is 5.61. The molecule has 92 valence electrons. The summed E-state index contributed by atoms with van der Waals surface area (Å²) in [4.78, 5) is 12.3. The highest BCUT2D eigenvalue weighted by Gasteiger charge is 2.04. The third kappa shape index (κ3) is 2.84. The molecule has 1 aromatic carbocycles. The van der Waals surface area contributed by atoms with Gasteiger partial charge in [-0.1, -0.05) is 24.3 Å². The molecule has 1 heterocycles. The van der Waals surface area contributed by atoms with Crippen LogP contribution in [0.4, 0.5) is 0 Å². The highest BCUT2D eigenvalue weighted by atomic mass is 32.1. The average Bonchev–Trinajstić information content (AvgIpc) is 2.86. The van der Waals surface area contributed by atoms with Crippen molar-refractivity contribution in [2.75, 3.05) is 0 Å². The van der Waals surface area contributed by atoms with Crippen LogP contribution in [0.3, 0.4) is 0 Å². The molecule has 0 aliphatic rings. The Hall–Kier alpha value is -1.94. The minimum Gasteiger partial charge on any atom is -0.266 e. The van der Waals surface area contributed by atoms with Crippen molar-refractivity contribution in [3.8, 4) is 0 Å². The monoisotopic (exact) mass is 258 g/mol. The molecule has 1 amide bonds. The molecule has 0 aliphatic heterocycles. The van der Waals surface area contributed by atoms with Crippen LogP contribution in [0, 0.1) is 13.8 Å². The predicted octanol–water partition coefficient (Wildman–Crippen LogP) is 3.13. The molecule has 0 aliphatic carbocycles. The standard InChI is InChI=1S/C14H14N2OS/c1-10-5-3-6-11(2)12(10)9-15-16-14(17)13-7-4-8-18-13/h3-9H,1-2H3,(H,16,17)/b15-9-. The molecule has 0 atom stereocenters. The molecular formula is C14H14N2OS. The normalized spacial score (nSPS) is 10.8. The number of hydrogen-bond acceptors (Lipinski definition) is 3. The second kappa shape index (κ2) is 5.60. The summed E-state index contributed by atoms with van der Waals surface area (Å²) >= 11 is 1.40. The molecular weight excluding hydrogens is 244 g/mol. The molecule has 2 aromatic rings. The highest BCUT2D eigenvalue weighted by Crippen LogP contribution is 2.10. The Bertz CT molecular complexity index is 553. The fourth-order valence-corrected chi connectivity index (χ4v) is 2.26. The summed E-state index contributed by atoms with van der Waals surface area (Å²) < 4.78 is 0. The van der Waals surface area contributed by atoms with Crippen molar-refractivity contribution in [3.63, 3.8) is 0 Å².